The summed E-state index contributed by atoms with van der Waals surface area (Å²) < 4.78 is 3.11. The van der Waals surface area contributed by atoms with E-state index in [2.05, 4.69) is 37.3 Å². The van der Waals surface area contributed by atoms with E-state index in [9.17, 15) is 4.79 Å². The fourth-order valence-electron chi connectivity index (χ4n) is 3.15. The highest BCUT2D eigenvalue weighted by Crippen LogP contribution is 2.38. The Bertz CT molecular complexity index is 686. The Balaban J connectivity index is 1.57. The quantitative estimate of drug-likeness (QED) is 0.857. The highest BCUT2D eigenvalue weighted by molar-refractivity contribution is 9.10. The second kappa shape index (κ2) is 5.29. The van der Waals surface area contributed by atoms with E-state index in [0.717, 1.165) is 29.4 Å². The number of nitrogens with one attached hydrogen (secondary N) is 1. The van der Waals surface area contributed by atoms with Crippen LogP contribution >= 0.6 is 27.3 Å². The Kier molecular flexibility index (Phi) is 3.42. The van der Waals surface area contributed by atoms with E-state index in [1.165, 1.54) is 23.3 Å². The van der Waals surface area contributed by atoms with Crippen molar-refractivity contribution in [1.82, 2.24) is 9.88 Å². The topological polar surface area (TPSA) is 34.0 Å². The molecule has 1 saturated carbocycles. The van der Waals surface area contributed by atoms with Crippen LogP contribution < -0.4 is 5.32 Å². The van der Waals surface area contributed by atoms with E-state index in [-0.39, 0.29) is 11.9 Å². The van der Waals surface area contributed by atoms with Gasteiger partial charge in [-0.2, -0.15) is 0 Å². The van der Waals surface area contributed by atoms with E-state index in [1.807, 2.05) is 23.6 Å². The summed E-state index contributed by atoms with van der Waals surface area (Å²) in [7, 11) is 0. The van der Waals surface area contributed by atoms with Crippen molar-refractivity contribution >= 4 is 33.2 Å². The molecule has 5 heteroatoms. The normalized spacial score (nSPS) is 21.1. The second-order valence-corrected chi connectivity index (χ2v) is 7.82. The van der Waals surface area contributed by atoms with Crippen LogP contribution in [0, 0.1) is 0 Å². The van der Waals surface area contributed by atoms with Crippen molar-refractivity contribution in [2.24, 2.45) is 0 Å². The van der Waals surface area contributed by atoms with Crippen LogP contribution in [0.5, 0.6) is 0 Å². The molecule has 3 nitrogen and oxygen atoms in total. The summed E-state index contributed by atoms with van der Waals surface area (Å²) in [6.45, 7) is 0. The average molecular weight is 365 g/mol. The molecule has 2 aliphatic rings. The van der Waals surface area contributed by atoms with Gasteiger partial charge in [0.15, 0.2) is 0 Å². The second-order valence-electron chi connectivity index (χ2n) is 5.90. The highest BCUT2D eigenvalue weighted by Gasteiger charge is 2.29. The molecule has 21 heavy (non-hydrogen) atoms. The summed E-state index contributed by atoms with van der Waals surface area (Å²) in [5, 5.41) is 5.38. The number of amides is 1. The molecule has 1 unspecified atom stereocenters. The van der Waals surface area contributed by atoms with Crippen molar-refractivity contribution < 1.29 is 4.79 Å². The predicted octanol–water partition coefficient (Wildman–Crippen LogP) is 4.45. The minimum atomic E-state index is 0.0525. The van der Waals surface area contributed by atoms with Gasteiger partial charge in [-0.1, -0.05) is 0 Å². The van der Waals surface area contributed by atoms with Gasteiger partial charge in [0, 0.05) is 21.6 Å². The summed E-state index contributed by atoms with van der Waals surface area (Å²) >= 11 is 5.30. The molecule has 2 aromatic heterocycles. The van der Waals surface area contributed by atoms with Crippen molar-refractivity contribution in [3.05, 3.63) is 44.3 Å². The van der Waals surface area contributed by atoms with Gasteiger partial charge in [-0.25, -0.2) is 0 Å². The maximum atomic E-state index is 12.7. The molecule has 0 spiro atoms. The van der Waals surface area contributed by atoms with Crippen LogP contribution in [0.15, 0.2) is 28.2 Å². The molecular formula is C16H17BrN2OS. The van der Waals surface area contributed by atoms with Crippen LogP contribution in [-0.2, 0) is 6.42 Å². The fraction of sp³-hybridized carbons (Fsp3) is 0.438. The molecule has 1 atom stereocenters. The summed E-state index contributed by atoms with van der Waals surface area (Å²) in [5.74, 6) is 0.0525. The lowest BCUT2D eigenvalue weighted by atomic mass is 9.94. The zero-order valence-corrected chi connectivity index (χ0v) is 14.0. The van der Waals surface area contributed by atoms with Crippen molar-refractivity contribution in [3.8, 4) is 0 Å². The summed E-state index contributed by atoms with van der Waals surface area (Å²) in [5.41, 5.74) is 2.11. The van der Waals surface area contributed by atoms with Crippen LogP contribution in [0.4, 0.5) is 0 Å². The van der Waals surface area contributed by atoms with Crippen LogP contribution in [0.1, 0.15) is 58.7 Å². The van der Waals surface area contributed by atoms with Gasteiger partial charge in [0.25, 0.3) is 5.91 Å². The molecule has 1 fully saturated rings. The first-order valence-electron chi connectivity index (χ1n) is 7.47. The Hall–Kier alpha value is -1.07. The maximum absolute atomic E-state index is 12.7. The monoisotopic (exact) mass is 364 g/mol. The van der Waals surface area contributed by atoms with Gasteiger partial charge in [0.1, 0.15) is 5.69 Å². The van der Waals surface area contributed by atoms with E-state index in [1.54, 1.807) is 0 Å². The number of aryl methyl sites for hydroxylation is 1. The number of fused-ring (bicyclic) bond motifs is 1. The number of nitrogens with zero attached hydrogens (tertiary/aromatic N) is 1. The lowest BCUT2D eigenvalue weighted by Crippen LogP contribution is -2.31. The average Bonchev–Trinajstić information content (AvgIpc) is 3.06. The minimum Gasteiger partial charge on any atom is -0.344 e. The number of thiophene rings is 1. The Morgan fingerprint density at radius 1 is 1.38 bits per heavy atom. The first-order valence-corrected chi connectivity index (χ1v) is 9.14. The van der Waals surface area contributed by atoms with Crippen LogP contribution in [0.25, 0.3) is 0 Å². The van der Waals surface area contributed by atoms with Crippen molar-refractivity contribution in [3.63, 3.8) is 0 Å². The molecule has 1 N–H and O–H groups in total. The molecule has 0 saturated heterocycles. The third-order valence-electron chi connectivity index (χ3n) is 4.35. The molecule has 2 aliphatic carbocycles. The van der Waals surface area contributed by atoms with Crippen LogP contribution in [-0.4, -0.2) is 10.5 Å². The molecule has 2 heterocycles. The van der Waals surface area contributed by atoms with Gasteiger partial charge < -0.3 is 9.88 Å². The zero-order valence-electron chi connectivity index (χ0n) is 11.6. The number of carbonyl (C=O) groups excluding carboxylic acids is 1. The van der Waals surface area contributed by atoms with Gasteiger partial charge in [0.05, 0.1) is 6.04 Å². The summed E-state index contributed by atoms with van der Waals surface area (Å²) in [4.78, 5) is 14.1. The van der Waals surface area contributed by atoms with Crippen molar-refractivity contribution in [1.29, 1.82) is 0 Å². The van der Waals surface area contributed by atoms with E-state index in [0.29, 0.717) is 6.04 Å². The Morgan fingerprint density at radius 3 is 3.05 bits per heavy atom. The minimum absolute atomic E-state index is 0.0525. The molecule has 1 amide bonds. The highest BCUT2D eigenvalue weighted by atomic mass is 79.9. The predicted molar refractivity (Wildman–Crippen MR) is 87.9 cm³/mol. The van der Waals surface area contributed by atoms with Crippen LogP contribution in [0.2, 0.25) is 0 Å². The maximum Gasteiger partial charge on any atom is 0.268 e. The number of hydrogen-bond donors (Lipinski definition) is 1. The number of rotatable bonds is 3. The SMILES string of the molecule is O=C(NC1CCCc2sccc21)c1cc(Br)cn1C1CC1. The van der Waals surface area contributed by atoms with E-state index in [4.69, 9.17) is 0 Å². The molecule has 0 bridgehead atoms. The summed E-state index contributed by atoms with van der Waals surface area (Å²) in [6.07, 6.45) is 7.75. The van der Waals surface area contributed by atoms with Gasteiger partial charge in [-0.15, -0.1) is 11.3 Å². The van der Waals surface area contributed by atoms with E-state index < -0.39 is 0 Å². The molecule has 110 valence electrons. The number of carbonyl (C=O) groups is 1. The van der Waals surface area contributed by atoms with Gasteiger partial charge in [-0.3, -0.25) is 4.79 Å². The largest absolute Gasteiger partial charge is 0.344 e. The van der Waals surface area contributed by atoms with Crippen LogP contribution in [0.3, 0.4) is 0 Å². The number of aromatic nitrogens is 1. The molecular weight excluding hydrogens is 348 g/mol. The first-order chi connectivity index (χ1) is 10.2. The molecule has 0 aliphatic heterocycles. The lowest BCUT2D eigenvalue weighted by molar-refractivity contribution is 0.0923. The van der Waals surface area contributed by atoms with Gasteiger partial charge in [0.2, 0.25) is 0 Å². The number of halogens is 1. The third kappa shape index (κ3) is 2.57. The zero-order chi connectivity index (χ0) is 14.4. The molecule has 2 aromatic rings. The van der Waals surface area contributed by atoms with Gasteiger partial charge in [-0.05, 0) is 71.1 Å². The molecule has 0 radical (unpaired) electrons. The summed E-state index contributed by atoms with van der Waals surface area (Å²) in [6, 6.07) is 4.79. The third-order valence-corrected chi connectivity index (χ3v) is 5.78. The molecule has 4 rings (SSSR count). The standard InChI is InChI=1S/C16H17BrN2OS/c17-10-8-14(19(9-10)11-4-5-11)16(20)18-13-2-1-3-15-12(13)6-7-21-15/h6-9,11,13H,1-5H2,(H,18,20). The van der Waals surface area contributed by atoms with E-state index >= 15 is 0 Å². The lowest BCUT2D eigenvalue weighted by Gasteiger charge is -2.24. The Labute approximate surface area is 136 Å². The number of hydrogen-bond acceptors (Lipinski definition) is 2. The smallest absolute Gasteiger partial charge is 0.268 e. The molecule has 0 aromatic carbocycles. The van der Waals surface area contributed by atoms with Crippen molar-refractivity contribution in [2.75, 3.05) is 0 Å². The first kappa shape index (κ1) is 13.6. The van der Waals surface area contributed by atoms with Crippen molar-refractivity contribution in [2.45, 2.75) is 44.2 Å². The fourth-order valence-corrected chi connectivity index (χ4v) is 4.58. The Morgan fingerprint density at radius 2 is 2.24 bits per heavy atom. The van der Waals surface area contributed by atoms with Gasteiger partial charge >= 0.3 is 0 Å².